The van der Waals surface area contributed by atoms with Crippen LogP contribution in [0.2, 0.25) is 10.2 Å². The molecule has 3 nitrogen and oxygen atoms in total. The summed E-state index contributed by atoms with van der Waals surface area (Å²) in [4.78, 5) is 6.13. The molecule has 100 valence electrons. The number of methoxy groups -OCH3 is 1. The predicted molar refractivity (Wildman–Crippen MR) is 79.4 cm³/mol. The van der Waals surface area contributed by atoms with Gasteiger partial charge in [-0.2, -0.15) is 0 Å². The summed E-state index contributed by atoms with van der Waals surface area (Å²) in [6.07, 6.45) is 1.70. The smallest absolute Gasteiger partial charge is 0.130 e. The highest BCUT2D eigenvalue weighted by molar-refractivity contribution is 6.34. The van der Waals surface area contributed by atoms with E-state index in [1.807, 2.05) is 31.3 Å². The molecule has 0 bridgehead atoms. The number of hydrogen-bond donors (Lipinski definition) is 0. The number of aromatic nitrogens is 1. The highest BCUT2D eigenvalue weighted by Gasteiger charge is 2.07. The number of hydrogen-bond acceptors (Lipinski definition) is 3. The predicted octanol–water partition coefficient (Wildman–Crippen LogP) is 4.03. The van der Waals surface area contributed by atoms with Crippen LogP contribution < -0.4 is 9.64 Å². The van der Waals surface area contributed by atoms with E-state index in [2.05, 4.69) is 9.88 Å². The summed E-state index contributed by atoms with van der Waals surface area (Å²) in [5.74, 6) is 0.836. The zero-order chi connectivity index (χ0) is 13.8. The van der Waals surface area contributed by atoms with Crippen molar-refractivity contribution in [2.24, 2.45) is 0 Å². The van der Waals surface area contributed by atoms with E-state index in [0.29, 0.717) is 16.7 Å². The normalized spacial score (nSPS) is 10.3. The Morgan fingerprint density at radius 2 is 1.89 bits per heavy atom. The van der Waals surface area contributed by atoms with Crippen LogP contribution in [0.5, 0.6) is 5.75 Å². The molecule has 0 aliphatic rings. The Morgan fingerprint density at radius 3 is 2.47 bits per heavy atom. The number of benzene rings is 1. The molecule has 0 aliphatic heterocycles. The molecule has 2 rings (SSSR count). The van der Waals surface area contributed by atoms with Gasteiger partial charge in [0.05, 0.1) is 12.1 Å². The molecule has 0 radical (unpaired) electrons. The molecule has 0 amide bonds. The first kappa shape index (κ1) is 14.0. The molecule has 1 heterocycles. The van der Waals surface area contributed by atoms with Crippen LogP contribution in [0.15, 0.2) is 36.5 Å². The third-order valence-corrected chi connectivity index (χ3v) is 3.38. The van der Waals surface area contributed by atoms with Gasteiger partial charge in [0, 0.05) is 31.0 Å². The van der Waals surface area contributed by atoms with Crippen molar-refractivity contribution in [1.82, 2.24) is 4.98 Å². The molecule has 0 saturated heterocycles. The van der Waals surface area contributed by atoms with Crippen molar-refractivity contribution >= 4 is 28.9 Å². The maximum atomic E-state index is 6.14. The summed E-state index contributed by atoms with van der Waals surface area (Å²) in [5, 5.41) is 1.03. The van der Waals surface area contributed by atoms with Gasteiger partial charge in [0.1, 0.15) is 10.9 Å². The molecule has 0 unspecified atom stereocenters. The highest BCUT2D eigenvalue weighted by atomic mass is 35.5. The minimum absolute atomic E-state index is 0.404. The monoisotopic (exact) mass is 296 g/mol. The Morgan fingerprint density at radius 1 is 1.21 bits per heavy atom. The van der Waals surface area contributed by atoms with Crippen LogP contribution in [0.3, 0.4) is 0 Å². The summed E-state index contributed by atoms with van der Waals surface area (Å²) < 4.78 is 5.14. The van der Waals surface area contributed by atoms with Gasteiger partial charge in [0.15, 0.2) is 0 Å². The molecule has 5 heteroatoms. The summed E-state index contributed by atoms with van der Waals surface area (Å²) in [7, 11) is 3.64. The van der Waals surface area contributed by atoms with E-state index in [9.17, 15) is 0 Å². The van der Waals surface area contributed by atoms with Gasteiger partial charge in [-0.1, -0.05) is 23.2 Å². The fourth-order valence-corrected chi connectivity index (χ4v) is 2.16. The number of ether oxygens (including phenoxy) is 1. The molecular formula is C14H14Cl2N2O. The van der Waals surface area contributed by atoms with Gasteiger partial charge in [0.25, 0.3) is 0 Å². The van der Waals surface area contributed by atoms with E-state index in [0.717, 1.165) is 17.0 Å². The fourth-order valence-electron chi connectivity index (χ4n) is 1.74. The van der Waals surface area contributed by atoms with Gasteiger partial charge in [-0.3, -0.25) is 0 Å². The SMILES string of the molecule is COc1ccc(N(C)Cc2cnc(Cl)cc2Cl)cc1. The minimum atomic E-state index is 0.404. The van der Waals surface area contributed by atoms with Gasteiger partial charge in [0.2, 0.25) is 0 Å². The van der Waals surface area contributed by atoms with Crippen LogP contribution in [0.4, 0.5) is 5.69 Å². The van der Waals surface area contributed by atoms with Crippen molar-refractivity contribution in [3.8, 4) is 5.75 Å². The highest BCUT2D eigenvalue weighted by Crippen LogP contribution is 2.23. The number of nitrogens with zero attached hydrogens (tertiary/aromatic N) is 2. The summed E-state index contributed by atoms with van der Waals surface area (Å²) in [6, 6.07) is 9.49. The van der Waals surface area contributed by atoms with E-state index in [-0.39, 0.29) is 0 Å². The van der Waals surface area contributed by atoms with E-state index in [4.69, 9.17) is 27.9 Å². The molecule has 0 spiro atoms. The summed E-state index contributed by atoms with van der Waals surface area (Å²) in [6.45, 7) is 0.662. The van der Waals surface area contributed by atoms with Gasteiger partial charge >= 0.3 is 0 Å². The van der Waals surface area contributed by atoms with E-state index < -0.39 is 0 Å². The maximum absolute atomic E-state index is 6.14. The Balaban J connectivity index is 2.13. The van der Waals surface area contributed by atoms with Gasteiger partial charge in [-0.05, 0) is 30.3 Å². The first-order valence-electron chi connectivity index (χ1n) is 5.75. The number of pyridine rings is 1. The molecule has 0 atom stereocenters. The number of rotatable bonds is 4. The molecule has 1 aromatic carbocycles. The molecule has 1 aromatic heterocycles. The average molecular weight is 297 g/mol. The molecule has 2 aromatic rings. The molecule has 0 saturated carbocycles. The van der Waals surface area contributed by atoms with Gasteiger partial charge < -0.3 is 9.64 Å². The summed E-state index contributed by atoms with van der Waals surface area (Å²) in [5.41, 5.74) is 2.01. The van der Waals surface area contributed by atoms with Crippen molar-refractivity contribution in [3.05, 3.63) is 52.3 Å². The molecule has 0 aliphatic carbocycles. The zero-order valence-corrected chi connectivity index (χ0v) is 12.2. The van der Waals surface area contributed by atoms with Crippen molar-refractivity contribution in [2.45, 2.75) is 6.54 Å². The largest absolute Gasteiger partial charge is 0.497 e. The second kappa shape index (κ2) is 6.13. The standard InChI is InChI=1S/C14H14Cl2N2O/c1-18(11-3-5-12(19-2)6-4-11)9-10-8-17-14(16)7-13(10)15/h3-8H,9H2,1-2H3. The number of halogens is 2. The van der Waals surface area contributed by atoms with Crippen LogP contribution in [-0.2, 0) is 6.54 Å². The quantitative estimate of drug-likeness (QED) is 0.797. The Kier molecular flexibility index (Phi) is 4.51. The van der Waals surface area contributed by atoms with Crippen LogP contribution in [0.25, 0.3) is 0 Å². The second-order valence-electron chi connectivity index (χ2n) is 4.15. The third-order valence-electron chi connectivity index (χ3n) is 2.82. The number of anilines is 1. The topological polar surface area (TPSA) is 25.4 Å². The average Bonchev–Trinajstić information content (AvgIpc) is 2.42. The van der Waals surface area contributed by atoms with Crippen molar-refractivity contribution in [1.29, 1.82) is 0 Å². The van der Waals surface area contributed by atoms with Crippen LogP contribution >= 0.6 is 23.2 Å². The molecule has 19 heavy (non-hydrogen) atoms. The first-order chi connectivity index (χ1) is 9.10. The lowest BCUT2D eigenvalue weighted by Gasteiger charge is -2.20. The van der Waals surface area contributed by atoms with Crippen molar-refractivity contribution in [2.75, 3.05) is 19.1 Å². The molecule has 0 fully saturated rings. The van der Waals surface area contributed by atoms with Crippen molar-refractivity contribution < 1.29 is 4.74 Å². The lowest BCUT2D eigenvalue weighted by Crippen LogP contribution is -2.16. The van der Waals surface area contributed by atoms with Gasteiger partial charge in [-0.25, -0.2) is 4.98 Å². The fraction of sp³-hybridized carbons (Fsp3) is 0.214. The Bertz CT molecular complexity index is 558. The van der Waals surface area contributed by atoms with Crippen LogP contribution in [-0.4, -0.2) is 19.1 Å². The minimum Gasteiger partial charge on any atom is -0.497 e. The second-order valence-corrected chi connectivity index (χ2v) is 4.95. The Hall–Kier alpha value is -1.45. The van der Waals surface area contributed by atoms with Crippen molar-refractivity contribution in [3.63, 3.8) is 0 Å². The van der Waals surface area contributed by atoms with Crippen LogP contribution in [0.1, 0.15) is 5.56 Å². The molecule has 0 N–H and O–H groups in total. The molecular weight excluding hydrogens is 283 g/mol. The third kappa shape index (κ3) is 3.52. The van der Waals surface area contributed by atoms with E-state index in [1.54, 1.807) is 19.4 Å². The van der Waals surface area contributed by atoms with Crippen LogP contribution in [0, 0.1) is 0 Å². The maximum Gasteiger partial charge on any atom is 0.130 e. The van der Waals surface area contributed by atoms with E-state index >= 15 is 0 Å². The lowest BCUT2D eigenvalue weighted by atomic mass is 10.2. The van der Waals surface area contributed by atoms with E-state index in [1.165, 1.54) is 0 Å². The summed E-state index contributed by atoms with van der Waals surface area (Å²) >= 11 is 11.9. The lowest BCUT2D eigenvalue weighted by molar-refractivity contribution is 0.415. The van der Waals surface area contributed by atoms with Gasteiger partial charge in [-0.15, -0.1) is 0 Å². The zero-order valence-electron chi connectivity index (χ0n) is 10.7. The Labute approximate surface area is 122 Å². The first-order valence-corrected chi connectivity index (χ1v) is 6.51.